The topological polar surface area (TPSA) is 101 Å². The Morgan fingerprint density at radius 3 is 2.80 bits per heavy atom. The van der Waals surface area contributed by atoms with Crippen LogP contribution < -0.4 is 5.32 Å². The molecule has 0 amide bonds. The molecule has 0 atom stereocenters. The molecule has 0 unspecified atom stereocenters. The van der Waals surface area contributed by atoms with Crippen LogP contribution in [0.5, 0.6) is 5.75 Å². The van der Waals surface area contributed by atoms with Crippen LogP contribution in [-0.4, -0.2) is 58.2 Å². The van der Waals surface area contributed by atoms with Crippen molar-refractivity contribution in [2.75, 3.05) is 32.5 Å². The number of likely N-dealkylation sites (N-methyl/N-ethyl adjacent to an activating group) is 1. The van der Waals surface area contributed by atoms with Gasteiger partial charge in [-0.1, -0.05) is 0 Å². The molecule has 0 aliphatic heterocycles. The van der Waals surface area contributed by atoms with Crippen LogP contribution >= 0.6 is 0 Å². The molecule has 7 heteroatoms. The maximum Gasteiger partial charge on any atom is 0.335 e. The minimum absolute atomic E-state index is 0.0395. The highest BCUT2D eigenvalue weighted by Gasteiger charge is 2.13. The lowest BCUT2D eigenvalue weighted by atomic mass is 10.0. The zero-order valence-corrected chi connectivity index (χ0v) is 14.1. The Bertz CT molecular complexity index is 918. The SMILES string of the molecule is CN(C)CCNc1cc(-c2cc(O)cc(C(=O)O)c2)c2cc[nH]c2n1. The van der Waals surface area contributed by atoms with E-state index in [4.69, 9.17) is 0 Å². The van der Waals surface area contributed by atoms with E-state index in [1.54, 1.807) is 18.3 Å². The lowest BCUT2D eigenvalue weighted by Crippen LogP contribution is -2.21. The van der Waals surface area contributed by atoms with Gasteiger partial charge < -0.3 is 25.4 Å². The number of benzene rings is 1. The van der Waals surface area contributed by atoms with Gasteiger partial charge in [-0.05, 0) is 55.6 Å². The van der Waals surface area contributed by atoms with Gasteiger partial charge in [0.1, 0.15) is 17.2 Å². The summed E-state index contributed by atoms with van der Waals surface area (Å²) in [7, 11) is 3.99. The number of phenolic OH excluding ortho intramolecular Hbond substituents is 1. The van der Waals surface area contributed by atoms with Crippen molar-refractivity contribution in [1.29, 1.82) is 0 Å². The summed E-state index contributed by atoms with van der Waals surface area (Å²) in [6.45, 7) is 1.58. The highest BCUT2D eigenvalue weighted by atomic mass is 16.4. The Hall–Kier alpha value is -3.06. The molecule has 2 heterocycles. The molecule has 0 radical (unpaired) electrons. The second kappa shape index (κ2) is 6.82. The Kier molecular flexibility index (Phi) is 4.58. The van der Waals surface area contributed by atoms with Crippen molar-refractivity contribution in [2.45, 2.75) is 0 Å². The first kappa shape index (κ1) is 16.8. The lowest BCUT2D eigenvalue weighted by molar-refractivity contribution is 0.0696. The number of aromatic amines is 1. The van der Waals surface area contributed by atoms with Crippen molar-refractivity contribution in [3.8, 4) is 16.9 Å². The standard InChI is InChI=1S/C18H20N4O3/c1-22(2)6-5-19-16-10-15(14-3-4-20-17(14)21-16)11-7-12(18(24)25)9-13(23)8-11/h3-4,7-10,23H,5-6H2,1-2H3,(H,24,25)(H2,19,20,21). The first-order valence-corrected chi connectivity index (χ1v) is 7.88. The molecule has 1 aromatic carbocycles. The Morgan fingerprint density at radius 2 is 2.08 bits per heavy atom. The highest BCUT2D eigenvalue weighted by molar-refractivity contribution is 5.97. The number of aromatic hydroxyl groups is 1. The minimum Gasteiger partial charge on any atom is -0.508 e. The average Bonchev–Trinajstić information content (AvgIpc) is 3.01. The van der Waals surface area contributed by atoms with E-state index in [-0.39, 0.29) is 11.3 Å². The smallest absolute Gasteiger partial charge is 0.335 e. The number of carboxylic acids is 1. The van der Waals surface area contributed by atoms with E-state index in [1.165, 1.54) is 6.07 Å². The largest absolute Gasteiger partial charge is 0.508 e. The molecule has 3 rings (SSSR count). The number of aromatic carboxylic acids is 1. The average molecular weight is 340 g/mol. The fourth-order valence-electron chi connectivity index (χ4n) is 2.66. The molecule has 0 aliphatic carbocycles. The summed E-state index contributed by atoms with van der Waals surface area (Å²) in [6.07, 6.45) is 1.78. The van der Waals surface area contributed by atoms with E-state index in [1.807, 2.05) is 26.2 Å². The summed E-state index contributed by atoms with van der Waals surface area (Å²) in [5.74, 6) is -0.481. The monoisotopic (exact) mass is 340 g/mol. The van der Waals surface area contributed by atoms with E-state index in [0.717, 1.165) is 24.0 Å². The van der Waals surface area contributed by atoms with Crippen molar-refractivity contribution in [3.05, 3.63) is 42.1 Å². The van der Waals surface area contributed by atoms with Crippen LogP contribution in [0, 0.1) is 0 Å². The molecule has 4 N–H and O–H groups in total. The molecule has 3 aromatic rings. The van der Waals surface area contributed by atoms with Gasteiger partial charge in [-0.25, -0.2) is 9.78 Å². The molecular weight excluding hydrogens is 320 g/mol. The van der Waals surface area contributed by atoms with Gasteiger partial charge in [0.05, 0.1) is 5.56 Å². The van der Waals surface area contributed by atoms with Gasteiger partial charge >= 0.3 is 5.97 Å². The van der Waals surface area contributed by atoms with Crippen molar-refractivity contribution in [2.24, 2.45) is 0 Å². The maximum atomic E-state index is 11.3. The van der Waals surface area contributed by atoms with Gasteiger partial charge in [0.25, 0.3) is 0 Å². The molecule has 0 saturated carbocycles. The third-order valence-corrected chi connectivity index (χ3v) is 3.87. The van der Waals surface area contributed by atoms with Crippen molar-refractivity contribution in [1.82, 2.24) is 14.9 Å². The van der Waals surface area contributed by atoms with Crippen LogP contribution in [0.3, 0.4) is 0 Å². The first-order chi connectivity index (χ1) is 11.9. The number of pyridine rings is 1. The number of H-pyrrole nitrogens is 1. The summed E-state index contributed by atoms with van der Waals surface area (Å²) < 4.78 is 0. The van der Waals surface area contributed by atoms with Crippen LogP contribution in [0.2, 0.25) is 0 Å². The fraction of sp³-hybridized carbons (Fsp3) is 0.222. The highest BCUT2D eigenvalue weighted by Crippen LogP contribution is 2.32. The zero-order valence-electron chi connectivity index (χ0n) is 14.1. The second-order valence-corrected chi connectivity index (χ2v) is 6.10. The normalized spacial score (nSPS) is 11.2. The molecule has 7 nitrogen and oxygen atoms in total. The Labute approximate surface area is 144 Å². The Balaban J connectivity index is 2.05. The molecule has 0 spiro atoms. The number of carbonyl (C=O) groups is 1. The van der Waals surface area contributed by atoms with Crippen LogP contribution in [0.1, 0.15) is 10.4 Å². The summed E-state index contributed by atoms with van der Waals surface area (Å²) >= 11 is 0. The van der Waals surface area contributed by atoms with Gasteiger partial charge in [0.15, 0.2) is 0 Å². The van der Waals surface area contributed by atoms with Gasteiger partial charge in [-0.3, -0.25) is 0 Å². The van der Waals surface area contributed by atoms with Crippen molar-refractivity contribution in [3.63, 3.8) is 0 Å². The predicted octanol–water partition coefficient (Wildman–Crippen LogP) is 2.61. The quantitative estimate of drug-likeness (QED) is 0.550. The molecule has 0 saturated heterocycles. The molecule has 0 fully saturated rings. The number of fused-ring (bicyclic) bond motifs is 1. The number of anilines is 1. The van der Waals surface area contributed by atoms with E-state index in [0.29, 0.717) is 17.0 Å². The number of nitrogens with one attached hydrogen (secondary N) is 2. The van der Waals surface area contributed by atoms with Crippen LogP contribution in [0.15, 0.2) is 36.5 Å². The number of rotatable bonds is 6. The third kappa shape index (κ3) is 3.72. The molecule has 130 valence electrons. The molecule has 0 aliphatic rings. The van der Waals surface area contributed by atoms with E-state index >= 15 is 0 Å². The van der Waals surface area contributed by atoms with Crippen molar-refractivity contribution >= 4 is 22.8 Å². The van der Waals surface area contributed by atoms with Gasteiger partial charge in [-0.2, -0.15) is 0 Å². The fourth-order valence-corrected chi connectivity index (χ4v) is 2.66. The molecule has 0 bridgehead atoms. The first-order valence-electron chi connectivity index (χ1n) is 7.88. The van der Waals surface area contributed by atoms with Crippen LogP contribution in [0.4, 0.5) is 5.82 Å². The summed E-state index contributed by atoms with van der Waals surface area (Å²) in [5, 5.41) is 23.3. The Morgan fingerprint density at radius 1 is 1.28 bits per heavy atom. The minimum atomic E-state index is -1.08. The van der Waals surface area contributed by atoms with E-state index in [2.05, 4.69) is 20.2 Å². The van der Waals surface area contributed by atoms with Crippen LogP contribution in [0.25, 0.3) is 22.2 Å². The predicted molar refractivity (Wildman–Crippen MR) is 97.2 cm³/mol. The summed E-state index contributed by atoms with van der Waals surface area (Å²) in [5.41, 5.74) is 2.17. The summed E-state index contributed by atoms with van der Waals surface area (Å²) in [4.78, 5) is 21.0. The zero-order chi connectivity index (χ0) is 18.0. The van der Waals surface area contributed by atoms with E-state index < -0.39 is 5.97 Å². The van der Waals surface area contributed by atoms with E-state index in [9.17, 15) is 15.0 Å². The van der Waals surface area contributed by atoms with Gasteiger partial charge in [0, 0.05) is 24.7 Å². The lowest BCUT2D eigenvalue weighted by Gasteiger charge is -2.13. The number of aromatic nitrogens is 2. The molecule has 25 heavy (non-hydrogen) atoms. The number of hydrogen-bond donors (Lipinski definition) is 4. The number of nitrogens with zero attached hydrogens (tertiary/aromatic N) is 2. The number of hydrogen-bond acceptors (Lipinski definition) is 5. The summed E-state index contributed by atoms with van der Waals surface area (Å²) in [6, 6.07) is 8.08. The second-order valence-electron chi connectivity index (χ2n) is 6.10. The number of carboxylic acid groups (broad SMARTS) is 1. The third-order valence-electron chi connectivity index (χ3n) is 3.87. The van der Waals surface area contributed by atoms with Gasteiger partial charge in [-0.15, -0.1) is 0 Å². The van der Waals surface area contributed by atoms with Gasteiger partial charge in [0.2, 0.25) is 0 Å². The van der Waals surface area contributed by atoms with Crippen LogP contribution in [-0.2, 0) is 0 Å². The molecular formula is C18H20N4O3. The molecule has 2 aromatic heterocycles. The maximum absolute atomic E-state index is 11.3. The number of phenols is 1. The van der Waals surface area contributed by atoms with Crippen molar-refractivity contribution < 1.29 is 15.0 Å².